The fourth-order valence-corrected chi connectivity index (χ4v) is 3.06. The average molecular weight is 350 g/mol. The number of thiazole rings is 1. The van der Waals surface area contributed by atoms with Crippen LogP contribution in [0.25, 0.3) is 23.4 Å². The van der Waals surface area contributed by atoms with Crippen molar-refractivity contribution in [2.75, 3.05) is 11.9 Å². The Morgan fingerprint density at radius 1 is 1.12 bits per heavy atom. The normalized spacial score (nSPS) is 10.9. The number of anilines is 1. The summed E-state index contributed by atoms with van der Waals surface area (Å²) >= 11 is 1.61. The van der Waals surface area contributed by atoms with Crippen molar-refractivity contribution in [3.63, 3.8) is 0 Å². The molecular weight excluding hydrogens is 332 g/mol. The molecule has 0 atom stereocenters. The second-order valence-electron chi connectivity index (χ2n) is 5.47. The maximum atomic E-state index is 10.6. The lowest BCUT2D eigenvalue weighted by atomic mass is 10.2. The lowest BCUT2D eigenvalue weighted by Gasteiger charge is -2.05. The molecule has 0 bridgehead atoms. The van der Waals surface area contributed by atoms with E-state index in [0.29, 0.717) is 6.54 Å². The molecule has 0 saturated carbocycles. The van der Waals surface area contributed by atoms with Crippen molar-refractivity contribution in [3.05, 3.63) is 70.5 Å². The molecule has 0 amide bonds. The standard InChI is InChI=1S/C20H18N2O2S/c23-20(24)11-12-21-17-8-4-5-15(13-17)9-10-19-22-18(14-25-19)16-6-2-1-3-7-16/h1-10,13-14,21H,11-12H2,(H,23,24)/b10-9+. The van der Waals surface area contributed by atoms with Crippen molar-refractivity contribution >= 4 is 35.1 Å². The highest BCUT2D eigenvalue weighted by Crippen LogP contribution is 2.23. The molecule has 25 heavy (non-hydrogen) atoms. The van der Waals surface area contributed by atoms with Gasteiger partial charge in [0.2, 0.25) is 0 Å². The number of nitrogens with one attached hydrogen (secondary N) is 1. The summed E-state index contributed by atoms with van der Waals surface area (Å²) in [6, 6.07) is 18.0. The van der Waals surface area contributed by atoms with Gasteiger partial charge in [0.1, 0.15) is 5.01 Å². The number of carbonyl (C=O) groups is 1. The summed E-state index contributed by atoms with van der Waals surface area (Å²) < 4.78 is 0. The summed E-state index contributed by atoms with van der Waals surface area (Å²) in [7, 11) is 0. The Hall–Kier alpha value is -2.92. The first-order chi connectivity index (χ1) is 12.2. The van der Waals surface area contributed by atoms with Gasteiger partial charge in [-0.2, -0.15) is 0 Å². The molecule has 3 rings (SSSR count). The van der Waals surface area contributed by atoms with Crippen LogP contribution in [0.5, 0.6) is 0 Å². The van der Waals surface area contributed by atoms with Crippen LogP contribution in [0.15, 0.2) is 60.0 Å². The molecule has 2 N–H and O–H groups in total. The number of carboxylic acids is 1. The Balaban J connectivity index is 1.66. The van der Waals surface area contributed by atoms with E-state index in [9.17, 15) is 4.79 Å². The Labute approximate surface area is 150 Å². The Bertz CT molecular complexity index is 872. The quantitative estimate of drug-likeness (QED) is 0.638. The minimum absolute atomic E-state index is 0.0987. The Kier molecular flexibility index (Phi) is 5.59. The third kappa shape index (κ3) is 5.02. The van der Waals surface area contributed by atoms with Gasteiger partial charge in [-0.05, 0) is 23.8 Å². The highest BCUT2D eigenvalue weighted by molar-refractivity contribution is 7.10. The molecule has 126 valence electrons. The van der Waals surface area contributed by atoms with Crippen LogP contribution in [0.4, 0.5) is 5.69 Å². The van der Waals surface area contributed by atoms with E-state index in [1.807, 2.05) is 54.6 Å². The molecule has 0 aliphatic carbocycles. The first-order valence-corrected chi connectivity index (χ1v) is 8.83. The van der Waals surface area contributed by atoms with Gasteiger partial charge < -0.3 is 10.4 Å². The van der Waals surface area contributed by atoms with Gasteiger partial charge in [0.25, 0.3) is 0 Å². The van der Waals surface area contributed by atoms with E-state index in [1.54, 1.807) is 11.3 Å². The molecule has 0 saturated heterocycles. The van der Waals surface area contributed by atoms with Crippen molar-refractivity contribution in [3.8, 4) is 11.3 Å². The second kappa shape index (κ2) is 8.26. The SMILES string of the molecule is O=C(O)CCNc1cccc(/C=C/c2nc(-c3ccccc3)cs2)c1. The van der Waals surface area contributed by atoms with Crippen LogP contribution in [0.2, 0.25) is 0 Å². The lowest BCUT2D eigenvalue weighted by Crippen LogP contribution is -2.07. The zero-order valence-corrected chi connectivity index (χ0v) is 14.4. The number of benzene rings is 2. The summed E-state index contributed by atoms with van der Waals surface area (Å²) in [5.41, 5.74) is 4.04. The molecule has 0 radical (unpaired) electrons. The zero-order chi connectivity index (χ0) is 17.5. The monoisotopic (exact) mass is 350 g/mol. The van der Waals surface area contributed by atoms with Gasteiger partial charge in [0.05, 0.1) is 12.1 Å². The number of carboxylic acid groups (broad SMARTS) is 1. The van der Waals surface area contributed by atoms with Gasteiger partial charge in [-0.3, -0.25) is 4.79 Å². The minimum atomic E-state index is -0.804. The minimum Gasteiger partial charge on any atom is -0.481 e. The van der Waals surface area contributed by atoms with Crippen LogP contribution in [0.3, 0.4) is 0 Å². The highest BCUT2D eigenvalue weighted by atomic mass is 32.1. The summed E-state index contributed by atoms with van der Waals surface area (Å²) in [5.74, 6) is -0.804. The summed E-state index contributed by atoms with van der Waals surface area (Å²) in [5, 5.41) is 14.8. The Morgan fingerprint density at radius 3 is 2.76 bits per heavy atom. The average Bonchev–Trinajstić information content (AvgIpc) is 3.10. The van der Waals surface area contributed by atoms with Crippen LogP contribution in [0.1, 0.15) is 17.0 Å². The van der Waals surface area contributed by atoms with E-state index in [1.165, 1.54) is 0 Å². The molecule has 0 aliphatic rings. The van der Waals surface area contributed by atoms with Gasteiger partial charge in [-0.25, -0.2) is 4.98 Å². The van der Waals surface area contributed by atoms with Crippen molar-refractivity contribution in [1.29, 1.82) is 0 Å². The van der Waals surface area contributed by atoms with Crippen molar-refractivity contribution in [2.24, 2.45) is 0 Å². The zero-order valence-electron chi connectivity index (χ0n) is 13.6. The largest absolute Gasteiger partial charge is 0.481 e. The van der Waals surface area contributed by atoms with E-state index in [0.717, 1.165) is 27.5 Å². The molecule has 1 aromatic heterocycles. The molecular formula is C20H18N2O2S. The number of nitrogens with zero attached hydrogens (tertiary/aromatic N) is 1. The van der Waals surface area contributed by atoms with E-state index < -0.39 is 5.97 Å². The van der Waals surface area contributed by atoms with Gasteiger partial charge in [0, 0.05) is 23.2 Å². The predicted octanol–water partition coefficient (Wildman–Crippen LogP) is 4.87. The maximum absolute atomic E-state index is 10.6. The van der Waals surface area contributed by atoms with Gasteiger partial charge in [-0.15, -0.1) is 11.3 Å². The Morgan fingerprint density at radius 2 is 1.96 bits per heavy atom. The number of rotatable bonds is 7. The molecule has 0 spiro atoms. The van der Waals surface area contributed by atoms with Crippen LogP contribution in [0, 0.1) is 0 Å². The fraction of sp³-hybridized carbons (Fsp3) is 0.100. The van der Waals surface area contributed by atoms with E-state index in [4.69, 9.17) is 5.11 Å². The molecule has 2 aromatic carbocycles. The third-order valence-electron chi connectivity index (χ3n) is 3.56. The molecule has 5 heteroatoms. The first kappa shape index (κ1) is 16.9. The van der Waals surface area contributed by atoms with Crippen molar-refractivity contribution < 1.29 is 9.90 Å². The fourth-order valence-electron chi connectivity index (χ4n) is 2.34. The summed E-state index contributed by atoms with van der Waals surface area (Å²) in [6.45, 7) is 0.412. The van der Waals surface area contributed by atoms with E-state index >= 15 is 0 Å². The van der Waals surface area contributed by atoms with E-state index in [2.05, 4.69) is 27.8 Å². The van der Waals surface area contributed by atoms with Crippen LogP contribution in [-0.2, 0) is 4.79 Å². The van der Waals surface area contributed by atoms with Gasteiger partial charge >= 0.3 is 5.97 Å². The van der Waals surface area contributed by atoms with Crippen molar-refractivity contribution in [2.45, 2.75) is 6.42 Å². The molecule has 1 heterocycles. The van der Waals surface area contributed by atoms with Gasteiger partial charge in [-0.1, -0.05) is 48.5 Å². The maximum Gasteiger partial charge on any atom is 0.305 e. The number of aliphatic carboxylic acids is 1. The predicted molar refractivity (Wildman–Crippen MR) is 104 cm³/mol. The smallest absolute Gasteiger partial charge is 0.305 e. The number of hydrogen-bond donors (Lipinski definition) is 2. The summed E-state index contributed by atoms with van der Waals surface area (Å²) in [6.07, 6.45) is 4.10. The van der Waals surface area contributed by atoms with Crippen molar-refractivity contribution in [1.82, 2.24) is 4.98 Å². The van der Waals surface area contributed by atoms with Gasteiger partial charge in [0.15, 0.2) is 0 Å². The second-order valence-corrected chi connectivity index (χ2v) is 6.36. The van der Waals surface area contributed by atoms with Crippen LogP contribution >= 0.6 is 11.3 Å². The van der Waals surface area contributed by atoms with Crippen LogP contribution in [-0.4, -0.2) is 22.6 Å². The lowest BCUT2D eigenvalue weighted by molar-refractivity contribution is -0.136. The highest BCUT2D eigenvalue weighted by Gasteiger charge is 2.02. The first-order valence-electron chi connectivity index (χ1n) is 7.95. The van der Waals surface area contributed by atoms with Crippen LogP contribution < -0.4 is 5.32 Å². The summed E-state index contributed by atoms with van der Waals surface area (Å²) in [4.78, 5) is 15.2. The number of aromatic nitrogens is 1. The third-order valence-corrected chi connectivity index (χ3v) is 4.37. The molecule has 3 aromatic rings. The topological polar surface area (TPSA) is 62.2 Å². The van der Waals surface area contributed by atoms with E-state index in [-0.39, 0.29) is 6.42 Å². The molecule has 0 unspecified atom stereocenters. The number of hydrogen-bond acceptors (Lipinski definition) is 4. The molecule has 0 fully saturated rings. The molecule has 4 nitrogen and oxygen atoms in total. The molecule has 0 aliphatic heterocycles.